The van der Waals surface area contributed by atoms with E-state index in [9.17, 15) is 22.8 Å². The van der Waals surface area contributed by atoms with Crippen molar-refractivity contribution < 1.29 is 22.7 Å². The molecule has 2 aromatic rings. The molecule has 3 rings (SSSR count). The maximum Gasteiger partial charge on any atom is 0.266 e. The van der Waals surface area contributed by atoms with Crippen molar-refractivity contribution in [3.63, 3.8) is 0 Å². The first-order valence-electron chi connectivity index (χ1n) is 8.83. The van der Waals surface area contributed by atoms with E-state index in [4.69, 9.17) is 4.74 Å². The van der Waals surface area contributed by atoms with Crippen LogP contribution in [0.25, 0.3) is 0 Å². The van der Waals surface area contributed by atoms with Crippen molar-refractivity contribution >= 4 is 11.6 Å². The summed E-state index contributed by atoms with van der Waals surface area (Å²) in [7, 11) is 1.52. The van der Waals surface area contributed by atoms with E-state index < -0.39 is 17.8 Å². The third kappa shape index (κ3) is 4.59. The van der Waals surface area contributed by atoms with Crippen LogP contribution in [0.1, 0.15) is 23.4 Å². The number of nitrogens with zero attached hydrogens (tertiary/aromatic N) is 3. The van der Waals surface area contributed by atoms with Crippen molar-refractivity contribution in [3.05, 3.63) is 57.4 Å². The van der Waals surface area contributed by atoms with Crippen LogP contribution in [0, 0.1) is 5.82 Å². The Balaban J connectivity index is 1.77. The molecule has 9 heteroatoms. The molecule has 1 aliphatic rings. The summed E-state index contributed by atoms with van der Waals surface area (Å²) in [5.74, 6) is -0.548. The number of hydrogen-bond acceptors (Lipinski definition) is 5. The Labute approximate surface area is 159 Å². The second-order valence-corrected chi connectivity index (χ2v) is 6.58. The molecule has 1 aliphatic heterocycles. The van der Waals surface area contributed by atoms with Gasteiger partial charge in [0, 0.05) is 32.6 Å². The van der Waals surface area contributed by atoms with Crippen molar-refractivity contribution in [1.82, 2.24) is 9.55 Å². The largest absolute Gasteiger partial charge is 0.378 e. The maximum atomic E-state index is 13.4. The van der Waals surface area contributed by atoms with Gasteiger partial charge in [-0.2, -0.15) is 0 Å². The normalized spacial score (nSPS) is 14.5. The highest BCUT2D eigenvalue weighted by Gasteiger charge is 2.18. The zero-order chi connectivity index (χ0) is 20.3. The number of aromatic nitrogens is 2. The Hall–Kier alpha value is -2.68. The summed E-state index contributed by atoms with van der Waals surface area (Å²) in [6.07, 6.45) is -3.24. The molecule has 150 valence electrons. The summed E-state index contributed by atoms with van der Waals surface area (Å²) in [4.78, 5) is 31.0. The molecule has 1 aromatic heterocycles. The van der Waals surface area contributed by atoms with E-state index in [-0.39, 0.29) is 35.6 Å². The van der Waals surface area contributed by atoms with Gasteiger partial charge in [-0.05, 0) is 17.7 Å². The Morgan fingerprint density at radius 2 is 1.93 bits per heavy atom. The molecular weight excluding hydrogens is 375 g/mol. The van der Waals surface area contributed by atoms with Crippen LogP contribution in [0.2, 0.25) is 0 Å². The lowest BCUT2D eigenvalue weighted by Crippen LogP contribution is -2.38. The predicted molar refractivity (Wildman–Crippen MR) is 96.3 cm³/mol. The average Bonchev–Trinajstić information content (AvgIpc) is 2.67. The number of ketones is 1. The SMILES string of the molecule is Cn1c(CC(=O)Cc2ccc(F)c(C(F)F)c2)nc(N2CCOCC2)cc1=O. The molecule has 0 N–H and O–H groups in total. The number of anilines is 1. The van der Waals surface area contributed by atoms with E-state index in [1.54, 1.807) is 0 Å². The number of morpholine rings is 1. The van der Waals surface area contributed by atoms with Crippen molar-refractivity contribution in [3.8, 4) is 0 Å². The molecule has 2 heterocycles. The minimum Gasteiger partial charge on any atom is -0.378 e. The predicted octanol–water partition coefficient (Wildman–Crippen LogP) is 2.05. The topological polar surface area (TPSA) is 64.4 Å². The van der Waals surface area contributed by atoms with Gasteiger partial charge in [-0.15, -0.1) is 0 Å². The molecule has 0 spiro atoms. The lowest BCUT2D eigenvalue weighted by Gasteiger charge is -2.28. The molecule has 0 atom stereocenters. The van der Waals surface area contributed by atoms with E-state index in [2.05, 4.69) is 4.98 Å². The number of carbonyl (C=O) groups excluding carboxylic acids is 1. The van der Waals surface area contributed by atoms with Crippen LogP contribution < -0.4 is 10.5 Å². The van der Waals surface area contributed by atoms with Gasteiger partial charge in [0.1, 0.15) is 23.2 Å². The molecule has 0 unspecified atom stereocenters. The highest BCUT2D eigenvalue weighted by molar-refractivity contribution is 5.82. The van der Waals surface area contributed by atoms with Crippen LogP contribution in [0.3, 0.4) is 0 Å². The number of Topliss-reactive ketones (excluding diaryl/α,β-unsaturated/α-hetero) is 1. The van der Waals surface area contributed by atoms with Crippen LogP contribution in [-0.4, -0.2) is 41.6 Å². The van der Waals surface area contributed by atoms with E-state index in [0.29, 0.717) is 32.1 Å². The van der Waals surface area contributed by atoms with Gasteiger partial charge in [0.2, 0.25) is 0 Å². The van der Waals surface area contributed by atoms with Gasteiger partial charge in [0.25, 0.3) is 12.0 Å². The van der Waals surface area contributed by atoms with Gasteiger partial charge in [-0.3, -0.25) is 14.2 Å². The van der Waals surface area contributed by atoms with E-state index in [1.807, 2.05) is 4.90 Å². The Morgan fingerprint density at radius 1 is 1.21 bits per heavy atom. The molecule has 0 aliphatic carbocycles. The first-order chi connectivity index (χ1) is 13.3. The zero-order valence-corrected chi connectivity index (χ0v) is 15.3. The van der Waals surface area contributed by atoms with Crippen LogP contribution in [-0.2, 0) is 29.4 Å². The number of alkyl halides is 2. The smallest absolute Gasteiger partial charge is 0.266 e. The quantitative estimate of drug-likeness (QED) is 0.749. The number of halogens is 3. The third-order valence-corrected chi connectivity index (χ3v) is 4.60. The van der Waals surface area contributed by atoms with E-state index in [1.165, 1.54) is 23.7 Å². The average molecular weight is 395 g/mol. The number of ether oxygens (including phenoxy) is 1. The fourth-order valence-corrected chi connectivity index (χ4v) is 3.02. The summed E-state index contributed by atoms with van der Waals surface area (Å²) < 4.78 is 45.6. The molecule has 1 aromatic carbocycles. The van der Waals surface area contributed by atoms with Crippen LogP contribution >= 0.6 is 0 Å². The molecule has 28 heavy (non-hydrogen) atoms. The van der Waals surface area contributed by atoms with Gasteiger partial charge in [-0.1, -0.05) is 6.07 Å². The molecule has 1 saturated heterocycles. The first-order valence-corrected chi connectivity index (χ1v) is 8.83. The molecule has 0 radical (unpaired) electrons. The van der Waals surface area contributed by atoms with Gasteiger partial charge in [-0.25, -0.2) is 18.2 Å². The summed E-state index contributed by atoms with van der Waals surface area (Å²) in [6.45, 7) is 2.25. The summed E-state index contributed by atoms with van der Waals surface area (Å²) in [5, 5.41) is 0. The van der Waals surface area contributed by atoms with Gasteiger partial charge < -0.3 is 9.64 Å². The Morgan fingerprint density at radius 3 is 2.61 bits per heavy atom. The minimum atomic E-state index is -2.96. The molecule has 0 bridgehead atoms. The van der Waals surface area contributed by atoms with E-state index in [0.717, 1.165) is 12.1 Å². The van der Waals surface area contributed by atoms with Gasteiger partial charge in [0.15, 0.2) is 0 Å². The summed E-state index contributed by atoms with van der Waals surface area (Å²) >= 11 is 0. The second-order valence-electron chi connectivity index (χ2n) is 6.58. The highest BCUT2D eigenvalue weighted by Crippen LogP contribution is 2.23. The lowest BCUT2D eigenvalue weighted by atomic mass is 10.0. The van der Waals surface area contributed by atoms with Crippen molar-refractivity contribution in [2.24, 2.45) is 7.05 Å². The Kier molecular flexibility index (Phi) is 6.13. The number of rotatable bonds is 6. The van der Waals surface area contributed by atoms with Crippen molar-refractivity contribution in [1.29, 1.82) is 0 Å². The Bertz CT molecular complexity index is 924. The van der Waals surface area contributed by atoms with Gasteiger partial charge >= 0.3 is 0 Å². The van der Waals surface area contributed by atoms with Crippen molar-refractivity contribution in [2.45, 2.75) is 19.3 Å². The number of benzene rings is 1. The minimum absolute atomic E-state index is 0.134. The van der Waals surface area contributed by atoms with Crippen molar-refractivity contribution in [2.75, 3.05) is 31.2 Å². The molecule has 0 saturated carbocycles. The third-order valence-electron chi connectivity index (χ3n) is 4.60. The second kappa shape index (κ2) is 8.55. The molecule has 0 amide bonds. The number of carbonyl (C=O) groups is 1. The molecule has 1 fully saturated rings. The molecular formula is C19H20F3N3O3. The first kappa shape index (κ1) is 20.1. The lowest BCUT2D eigenvalue weighted by molar-refractivity contribution is -0.117. The fourth-order valence-electron chi connectivity index (χ4n) is 3.02. The summed E-state index contributed by atoms with van der Waals surface area (Å²) in [5.41, 5.74) is -0.734. The van der Waals surface area contributed by atoms with Crippen LogP contribution in [0.4, 0.5) is 19.0 Å². The number of hydrogen-bond donors (Lipinski definition) is 0. The standard InChI is InChI=1S/C19H20F3N3O3/c1-24-16(23-17(11-18(24)27)25-4-6-28-7-5-25)10-13(26)8-12-2-3-15(20)14(9-12)19(21)22/h2-3,9,11,19H,4-8,10H2,1H3. The zero-order valence-electron chi connectivity index (χ0n) is 15.3. The van der Waals surface area contributed by atoms with E-state index >= 15 is 0 Å². The van der Waals surface area contributed by atoms with Crippen LogP contribution in [0.5, 0.6) is 0 Å². The monoisotopic (exact) mass is 395 g/mol. The van der Waals surface area contributed by atoms with Gasteiger partial charge in [0.05, 0.1) is 25.2 Å². The molecule has 6 nitrogen and oxygen atoms in total. The fraction of sp³-hybridized carbons (Fsp3) is 0.421. The summed E-state index contributed by atoms with van der Waals surface area (Å²) in [6, 6.07) is 4.63. The maximum absolute atomic E-state index is 13.4. The highest BCUT2D eigenvalue weighted by atomic mass is 19.3. The van der Waals surface area contributed by atoms with Crippen LogP contribution in [0.15, 0.2) is 29.1 Å².